The molecule has 9 nitrogen and oxygen atoms in total. The van der Waals surface area contributed by atoms with Crippen molar-refractivity contribution in [2.45, 2.75) is 48.4 Å². The molecule has 1 atom stereocenters. The third-order valence-electron chi connectivity index (χ3n) is 7.07. The average molecular weight is 606 g/mol. The van der Waals surface area contributed by atoms with Crippen molar-refractivity contribution in [1.82, 2.24) is 12.9 Å². The van der Waals surface area contributed by atoms with Gasteiger partial charge in [0.05, 0.1) is 14.7 Å². The van der Waals surface area contributed by atoms with Gasteiger partial charge in [0.1, 0.15) is 0 Å². The van der Waals surface area contributed by atoms with Crippen LogP contribution in [0.5, 0.6) is 0 Å². The van der Waals surface area contributed by atoms with E-state index in [1.54, 1.807) is 43.3 Å². The third-order valence-corrected chi connectivity index (χ3v) is 12.9. The second-order valence-corrected chi connectivity index (χ2v) is 15.9. The minimum Gasteiger partial charge on any atom is -0.207 e. The SMILES string of the molecule is Cc1ccc(S(=O)(=O)N2CCN(S(=O)(=O)c3ccc(C)cc3)C[C@H](C)N(S(=O)(=O)c3ccc(C)cc3)CC2)cc1. The summed E-state index contributed by atoms with van der Waals surface area (Å²) in [6.45, 7) is 6.51. The number of nitrogens with zero attached hydrogens (tertiary/aromatic N) is 3. The van der Waals surface area contributed by atoms with Crippen molar-refractivity contribution in [2.75, 3.05) is 32.7 Å². The zero-order valence-electron chi connectivity index (χ0n) is 23.1. The van der Waals surface area contributed by atoms with Crippen molar-refractivity contribution in [3.05, 3.63) is 89.5 Å². The van der Waals surface area contributed by atoms with Crippen molar-refractivity contribution in [1.29, 1.82) is 0 Å². The molecule has 3 aromatic rings. The lowest BCUT2D eigenvalue weighted by molar-refractivity contribution is 0.292. The molecule has 0 unspecified atom stereocenters. The molecule has 0 saturated carbocycles. The maximum absolute atomic E-state index is 13.8. The molecule has 1 aliphatic heterocycles. The van der Waals surface area contributed by atoms with Crippen molar-refractivity contribution in [2.24, 2.45) is 0 Å². The first-order chi connectivity index (χ1) is 18.7. The number of sulfonamides is 3. The monoisotopic (exact) mass is 605 g/mol. The Labute approximate surface area is 238 Å². The van der Waals surface area contributed by atoms with Crippen LogP contribution in [0.3, 0.4) is 0 Å². The molecule has 0 aliphatic carbocycles. The van der Waals surface area contributed by atoms with E-state index in [1.165, 1.54) is 49.3 Å². The van der Waals surface area contributed by atoms with Crippen LogP contribution in [-0.4, -0.2) is 76.9 Å². The summed E-state index contributed by atoms with van der Waals surface area (Å²) in [7, 11) is -12.2. The fraction of sp³-hybridized carbons (Fsp3) is 0.357. The fourth-order valence-corrected chi connectivity index (χ4v) is 9.17. The number of aryl methyl sites for hydroxylation is 3. The molecular weight excluding hydrogens is 571 g/mol. The minimum absolute atomic E-state index is 0.0603. The smallest absolute Gasteiger partial charge is 0.207 e. The zero-order chi connectivity index (χ0) is 29.3. The van der Waals surface area contributed by atoms with Gasteiger partial charge in [-0.05, 0) is 64.1 Å². The highest BCUT2D eigenvalue weighted by Gasteiger charge is 2.37. The molecule has 0 amide bonds. The lowest BCUT2D eigenvalue weighted by atomic mass is 10.2. The molecule has 1 saturated heterocycles. The molecule has 216 valence electrons. The van der Waals surface area contributed by atoms with Crippen LogP contribution in [0.15, 0.2) is 87.5 Å². The minimum atomic E-state index is -4.07. The second-order valence-electron chi connectivity index (χ2n) is 10.2. The van der Waals surface area contributed by atoms with Gasteiger partial charge in [-0.15, -0.1) is 0 Å². The van der Waals surface area contributed by atoms with E-state index in [9.17, 15) is 25.3 Å². The summed E-state index contributed by atoms with van der Waals surface area (Å²) in [4.78, 5) is 0.182. The zero-order valence-corrected chi connectivity index (χ0v) is 25.5. The fourth-order valence-electron chi connectivity index (χ4n) is 4.62. The molecule has 1 fully saturated rings. The van der Waals surface area contributed by atoms with Crippen molar-refractivity contribution < 1.29 is 25.3 Å². The number of hydrogen-bond acceptors (Lipinski definition) is 6. The lowest BCUT2D eigenvalue weighted by Crippen LogP contribution is -2.47. The molecule has 0 N–H and O–H groups in total. The Morgan fingerprint density at radius 1 is 0.500 bits per heavy atom. The Kier molecular flexibility index (Phi) is 8.88. The summed E-state index contributed by atoms with van der Waals surface area (Å²) < 4.78 is 86.0. The summed E-state index contributed by atoms with van der Waals surface area (Å²) in [5, 5.41) is 0. The van der Waals surface area contributed by atoms with Crippen LogP contribution >= 0.6 is 0 Å². The summed E-state index contributed by atoms with van der Waals surface area (Å²) in [5.41, 5.74) is 2.67. The molecule has 1 heterocycles. The number of rotatable bonds is 6. The normalized spacial score (nSPS) is 19.1. The summed E-state index contributed by atoms with van der Waals surface area (Å²) in [5.74, 6) is 0. The van der Waals surface area contributed by atoms with E-state index in [-0.39, 0.29) is 47.4 Å². The van der Waals surface area contributed by atoms with Crippen LogP contribution in [0.2, 0.25) is 0 Å². The standard InChI is InChI=1S/C28H35N3O6S3/c1-22-5-11-26(12-6-22)38(32,33)29-17-18-30(39(34,35)27-13-7-23(2)8-14-27)21-25(4)31(20-19-29)40(36,37)28-15-9-24(3)10-16-28/h5-16,25H,17-21H2,1-4H3/t25-/m0/s1. The van der Waals surface area contributed by atoms with Crippen LogP contribution in [0.4, 0.5) is 0 Å². The molecule has 3 aromatic carbocycles. The van der Waals surface area contributed by atoms with Gasteiger partial charge >= 0.3 is 0 Å². The van der Waals surface area contributed by atoms with Gasteiger partial charge in [0.15, 0.2) is 0 Å². The van der Waals surface area contributed by atoms with Gasteiger partial charge in [0.25, 0.3) is 0 Å². The van der Waals surface area contributed by atoms with Gasteiger partial charge in [0, 0.05) is 38.8 Å². The maximum Gasteiger partial charge on any atom is 0.243 e. The molecule has 0 radical (unpaired) electrons. The molecule has 12 heteroatoms. The first-order valence-electron chi connectivity index (χ1n) is 12.9. The van der Waals surface area contributed by atoms with E-state index >= 15 is 0 Å². The first-order valence-corrected chi connectivity index (χ1v) is 17.3. The third kappa shape index (κ3) is 6.32. The Morgan fingerprint density at radius 2 is 0.825 bits per heavy atom. The lowest BCUT2D eigenvalue weighted by Gasteiger charge is -2.31. The molecule has 0 bridgehead atoms. The Hall–Kier alpha value is -2.61. The average Bonchev–Trinajstić information content (AvgIpc) is 2.99. The van der Waals surface area contributed by atoms with Crippen LogP contribution < -0.4 is 0 Å². The van der Waals surface area contributed by atoms with Gasteiger partial charge in [0.2, 0.25) is 30.1 Å². The summed E-state index contributed by atoms with van der Waals surface area (Å²) in [6.07, 6.45) is 0. The van der Waals surface area contributed by atoms with Crippen LogP contribution in [0.1, 0.15) is 23.6 Å². The van der Waals surface area contributed by atoms with E-state index in [0.717, 1.165) is 16.7 Å². The van der Waals surface area contributed by atoms with Crippen LogP contribution in [-0.2, 0) is 30.1 Å². The second kappa shape index (κ2) is 11.7. The van der Waals surface area contributed by atoms with Crippen molar-refractivity contribution in [3.63, 3.8) is 0 Å². The number of benzene rings is 3. The largest absolute Gasteiger partial charge is 0.243 e. The first kappa shape index (κ1) is 30.4. The van der Waals surface area contributed by atoms with Crippen molar-refractivity contribution in [3.8, 4) is 0 Å². The van der Waals surface area contributed by atoms with E-state index < -0.39 is 36.1 Å². The quantitative estimate of drug-likeness (QED) is 0.426. The molecule has 0 aromatic heterocycles. The van der Waals surface area contributed by atoms with E-state index in [2.05, 4.69) is 0 Å². The van der Waals surface area contributed by atoms with Crippen LogP contribution in [0, 0.1) is 20.8 Å². The highest BCUT2D eigenvalue weighted by atomic mass is 32.2. The molecule has 0 spiro atoms. The molecule has 1 aliphatic rings. The predicted molar refractivity (Wildman–Crippen MR) is 154 cm³/mol. The molecule has 4 rings (SSSR count). The Balaban J connectivity index is 1.78. The van der Waals surface area contributed by atoms with Gasteiger partial charge in [-0.2, -0.15) is 12.9 Å². The molecule has 40 heavy (non-hydrogen) atoms. The topological polar surface area (TPSA) is 112 Å². The number of hydrogen-bond donors (Lipinski definition) is 0. The van der Waals surface area contributed by atoms with E-state index in [1.807, 2.05) is 20.8 Å². The van der Waals surface area contributed by atoms with Crippen molar-refractivity contribution >= 4 is 30.1 Å². The van der Waals surface area contributed by atoms with Gasteiger partial charge in [-0.25, -0.2) is 25.3 Å². The van der Waals surface area contributed by atoms with Crippen LogP contribution in [0.25, 0.3) is 0 Å². The molecular formula is C28H35N3O6S3. The highest BCUT2D eigenvalue weighted by molar-refractivity contribution is 7.90. The van der Waals surface area contributed by atoms with E-state index in [4.69, 9.17) is 0 Å². The van der Waals surface area contributed by atoms with E-state index in [0.29, 0.717) is 0 Å². The van der Waals surface area contributed by atoms with Gasteiger partial charge in [-0.1, -0.05) is 53.1 Å². The van der Waals surface area contributed by atoms with Gasteiger partial charge < -0.3 is 0 Å². The Morgan fingerprint density at radius 3 is 1.25 bits per heavy atom. The maximum atomic E-state index is 13.8. The predicted octanol–water partition coefficient (Wildman–Crippen LogP) is 3.39. The Bertz CT molecular complexity index is 1650. The summed E-state index contributed by atoms with van der Waals surface area (Å²) in [6, 6.07) is 18.4. The van der Waals surface area contributed by atoms with Gasteiger partial charge in [-0.3, -0.25) is 0 Å². The summed E-state index contributed by atoms with van der Waals surface area (Å²) >= 11 is 0. The highest BCUT2D eigenvalue weighted by Crippen LogP contribution is 2.25.